The van der Waals surface area contributed by atoms with Crippen LogP contribution < -0.4 is 15.5 Å². The van der Waals surface area contributed by atoms with E-state index in [9.17, 15) is 0 Å². The molecule has 0 aliphatic carbocycles. The van der Waals surface area contributed by atoms with E-state index in [1.165, 1.54) is 84.2 Å². The summed E-state index contributed by atoms with van der Waals surface area (Å²) in [6.45, 7) is 18.4. The molecular weight excluding hydrogens is 294 g/mol. The van der Waals surface area contributed by atoms with E-state index in [2.05, 4.69) is 40.4 Å². The first-order valence-corrected chi connectivity index (χ1v) is 11.0. The Morgan fingerprint density at radius 2 is 1.25 bits per heavy atom. The van der Waals surface area contributed by atoms with Crippen molar-refractivity contribution in [2.24, 2.45) is 11.8 Å². The maximum absolute atomic E-state index is 4.58. The lowest BCUT2D eigenvalue weighted by Gasteiger charge is -2.39. The standard InChI is InChI=1S/C21H45N3/c1-6-10-12-19(8-3)14-23-16-21(5,22)17-24(18-23)15-20(9-4)13-11-7-2/h19-20H,6-18,22H2,1-5H3/p+3/t19-,20-/m1/s1. The van der Waals surface area contributed by atoms with Crippen molar-refractivity contribution in [3.8, 4) is 0 Å². The largest absolute Gasteiger partial charge is 0.344 e. The first-order chi connectivity index (χ1) is 11.4. The van der Waals surface area contributed by atoms with Crippen molar-refractivity contribution in [3.63, 3.8) is 0 Å². The van der Waals surface area contributed by atoms with Gasteiger partial charge in [0.25, 0.3) is 0 Å². The molecule has 1 rings (SSSR count). The van der Waals surface area contributed by atoms with Crippen molar-refractivity contribution in [3.05, 3.63) is 0 Å². The average molecular weight is 343 g/mol. The molecule has 1 saturated heterocycles. The van der Waals surface area contributed by atoms with Gasteiger partial charge in [-0.15, -0.1) is 0 Å². The average Bonchev–Trinajstić information content (AvgIpc) is 2.53. The second kappa shape index (κ2) is 11.5. The van der Waals surface area contributed by atoms with E-state index >= 15 is 0 Å². The molecule has 0 aromatic heterocycles. The molecule has 4 atom stereocenters. The van der Waals surface area contributed by atoms with Gasteiger partial charge in [0.05, 0.1) is 13.1 Å². The molecule has 3 heteroatoms. The zero-order valence-electron chi connectivity index (χ0n) is 17.6. The normalized spacial score (nSPS) is 30.2. The lowest BCUT2D eigenvalue weighted by molar-refractivity contribution is -1.12. The molecule has 0 saturated carbocycles. The lowest BCUT2D eigenvalue weighted by atomic mass is 9.94. The summed E-state index contributed by atoms with van der Waals surface area (Å²) in [7, 11) is 0. The summed E-state index contributed by atoms with van der Waals surface area (Å²) < 4.78 is 0. The smallest absolute Gasteiger partial charge is 0.204 e. The summed E-state index contributed by atoms with van der Waals surface area (Å²) in [5.74, 6) is 1.83. The van der Waals surface area contributed by atoms with Crippen molar-refractivity contribution < 1.29 is 15.5 Å². The second-order valence-corrected chi connectivity index (χ2v) is 9.08. The monoisotopic (exact) mass is 342 g/mol. The molecule has 0 radical (unpaired) electrons. The maximum atomic E-state index is 4.58. The van der Waals surface area contributed by atoms with E-state index in [1.807, 2.05) is 9.80 Å². The summed E-state index contributed by atoms with van der Waals surface area (Å²) in [6.07, 6.45) is 11.0. The van der Waals surface area contributed by atoms with E-state index in [1.54, 1.807) is 0 Å². The zero-order chi connectivity index (χ0) is 18.0. The van der Waals surface area contributed by atoms with E-state index in [-0.39, 0.29) is 5.54 Å². The molecule has 24 heavy (non-hydrogen) atoms. The van der Waals surface area contributed by atoms with Crippen LogP contribution in [0.3, 0.4) is 0 Å². The Labute approximate surface area is 152 Å². The fourth-order valence-electron chi connectivity index (χ4n) is 4.74. The Morgan fingerprint density at radius 1 is 0.833 bits per heavy atom. The first kappa shape index (κ1) is 21.9. The molecule has 3 nitrogen and oxygen atoms in total. The van der Waals surface area contributed by atoms with Crippen molar-refractivity contribution in [2.45, 2.75) is 91.5 Å². The number of hydrogen-bond acceptors (Lipinski definition) is 0. The van der Waals surface area contributed by atoms with E-state index in [0.29, 0.717) is 0 Å². The molecule has 1 aliphatic rings. The van der Waals surface area contributed by atoms with Crippen LogP contribution in [0.5, 0.6) is 0 Å². The van der Waals surface area contributed by atoms with Gasteiger partial charge in [0, 0.05) is 18.8 Å². The minimum absolute atomic E-state index is 0.259. The topological polar surface area (TPSA) is 36.5 Å². The molecule has 0 aromatic carbocycles. The van der Waals surface area contributed by atoms with Gasteiger partial charge < -0.3 is 5.73 Å². The Bertz CT molecular complexity index is 288. The van der Waals surface area contributed by atoms with E-state index < -0.39 is 0 Å². The molecular formula is C21H48N3+3. The summed E-state index contributed by atoms with van der Waals surface area (Å²) in [5.41, 5.74) is 4.84. The Kier molecular flexibility index (Phi) is 10.5. The van der Waals surface area contributed by atoms with Gasteiger partial charge in [0.1, 0.15) is 13.1 Å². The van der Waals surface area contributed by atoms with Crippen LogP contribution in [0, 0.1) is 11.8 Å². The molecule has 0 spiro atoms. The predicted molar refractivity (Wildman–Crippen MR) is 104 cm³/mol. The van der Waals surface area contributed by atoms with Crippen LogP contribution in [-0.4, -0.2) is 38.4 Å². The van der Waals surface area contributed by atoms with Crippen LogP contribution in [0.2, 0.25) is 0 Å². The molecule has 0 amide bonds. The number of nitrogens with one attached hydrogen (secondary N) is 2. The fourth-order valence-corrected chi connectivity index (χ4v) is 4.74. The van der Waals surface area contributed by atoms with Gasteiger partial charge in [-0.1, -0.05) is 53.4 Å². The molecule has 0 bridgehead atoms. The third-order valence-electron chi connectivity index (χ3n) is 6.09. The van der Waals surface area contributed by atoms with Gasteiger partial charge in [-0.2, -0.15) is 0 Å². The number of hydrogen-bond donors (Lipinski definition) is 3. The lowest BCUT2D eigenvalue weighted by Crippen LogP contribution is -3.38. The van der Waals surface area contributed by atoms with Gasteiger partial charge in [-0.05, 0) is 25.7 Å². The third-order valence-corrected chi connectivity index (χ3v) is 6.09. The summed E-state index contributed by atoms with van der Waals surface area (Å²) in [5, 5.41) is 0. The summed E-state index contributed by atoms with van der Waals surface area (Å²) in [6, 6.07) is 0. The van der Waals surface area contributed by atoms with Gasteiger partial charge >= 0.3 is 0 Å². The minimum atomic E-state index is 0.259. The van der Waals surface area contributed by atoms with Gasteiger partial charge in [-0.25, -0.2) is 0 Å². The molecule has 1 aliphatic heterocycles. The minimum Gasteiger partial charge on any atom is -0.344 e. The van der Waals surface area contributed by atoms with Gasteiger partial charge in [0.2, 0.25) is 6.67 Å². The number of rotatable bonds is 12. The quantitative estimate of drug-likeness (QED) is 0.476. The highest BCUT2D eigenvalue weighted by Gasteiger charge is 2.41. The van der Waals surface area contributed by atoms with E-state index in [4.69, 9.17) is 0 Å². The van der Waals surface area contributed by atoms with Crippen LogP contribution in [-0.2, 0) is 0 Å². The van der Waals surface area contributed by atoms with Crippen molar-refractivity contribution in [2.75, 3.05) is 32.8 Å². The molecule has 2 unspecified atom stereocenters. The predicted octanol–water partition coefficient (Wildman–Crippen LogP) is 1.16. The second-order valence-electron chi connectivity index (χ2n) is 9.08. The Balaban J connectivity index is 2.58. The van der Waals surface area contributed by atoms with Crippen LogP contribution in [0.25, 0.3) is 0 Å². The van der Waals surface area contributed by atoms with Gasteiger partial charge in [0.15, 0.2) is 5.54 Å². The molecule has 1 fully saturated rings. The maximum Gasteiger partial charge on any atom is 0.204 e. The Morgan fingerprint density at radius 3 is 1.58 bits per heavy atom. The van der Waals surface area contributed by atoms with Crippen LogP contribution in [0.15, 0.2) is 0 Å². The van der Waals surface area contributed by atoms with Gasteiger partial charge in [-0.3, -0.25) is 9.80 Å². The highest BCUT2D eigenvalue weighted by molar-refractivity contribution is 4.70. The van der Waals surface area contributed by atoms with Crippen LogP contribution in [0.4, 0.5) is 0 Å². The number of quaternary nitrogens is 3. The molecule has 5 N–H and O–H groups in total. The van der Waals surface area contributed by atoms with E-state index in [0.717, 1.165) is 11.8 Å². The van der Waals surface area contributed by atoms with Crippen molar-refractivity contribution in [1.29, 1.82) is 0 Å². The zero-order valence-corrected chi connectivity index (χ0v) is 17.6. The summed E-state index contributed by atoms with van der Waals surface area (Å²) >= 11 is 0. The first-order valence-electron chi connectivity index (χ1n) is 11.0. The third kappa shape index (κ3) is 8.31. The van der Waals surface area contributed by atoms with Crippen molar-refractivity contribution in [1.82, 2.24) is 0 Å². The fraction of sp³-hybridized carbons (Fsp3) is 1.00. The SMILES string of the molecule is CCCC[C@@H](CC)C[NH+]1C[NH+](C[C@H](CC)CCCC)CC(C)([NH3+])C1. The Hall–Kier alpha value is -0.120. The van der Waals surface area contributed by atoms with Crippen molar-refractivity contribution >= 4 is 0 Å². The molecule has 0 aromatic rings. The number of unbranched alkanes of at least 4 members (excludes halogenated alkanes) is 2. The highest BCUT2D eigenvalue weighted by Crippen LogP contribution is 2.11. The highest BCUT2D eigenvalue weighted by atomic mass is 15.4. The molecule has 144 valence electrons. The summed E-state index contributed by atoms with van der Waals surface area (Å²) in [4.78, 5) is 3.64. The van der Waals surface area contributed by atoms with Crippen LogP contribution >= 0.6 is 0 Å². The van der Waals surface area contributed by atoms with Crippen LogP contribution in [0.1, 0.15) is 86.0 Å². The molecule has 1 heterocycles.